The van der Waals surface area contributed by atoms with Crippen molar-refractivity contribution >= 4 is 17.3 Å². The Kier molecular flexibility index (Phi) is 4.49. The molecule has 3 N–H and O–H groups in total. The topological polar surface area (TPSA) is 75.8 Å². The molecule has 6 heteroatoms. The van der Waals surface area contributed by atoms with Gasteiger partial charge in [-0.3, -0.25) is 0 Å². The maximum atomic E-state index is 13.7. The Labute approximate surface area is 105 Å². The lowest BCUT2D eigenvalue weighted by atomic mass is 10.1. The van der Waals surface area contributed by atoms with Gasteiger partial charge in [-0.15, -0.1) is 0 Å². The molecule has 0 radical (unpaired) electrons. The van der Waals surface area contributed by atoms with E-state index in [1.165, 1.54) is 18.1 Å². The van der Waals surface area contributed by atoms with Gasteiger partial charge in [0.1, 0.15) is 5.82 Å². The molecular formula is C12H17FN2O3. The van der Waals surface area contributed by atoms with E-state index in [2.05, 4.69) is 4.74 Å². The minimum atomic E-state index is -0.626. The highest BCUT2D eigenvalue weighted by atomic mass is 19.1. The smallest absolute Gasteiger partial charge is 0.340 e. The number of likely N-dealkylation sites (N-methyl/N-ethyl adjacent to an activating group) is 1. The zero-order chi connectivity index (χ0) is 13.9. The van der Waals surface area contributed by atoms with Crippen molar-refractivity contribution in [1.29, 1.82) is 0 Å². The van der Waals surface area contributed by atoms with Crippen LogP contribution in [-0.2, 0) is 4.74 Å². The maximum absolute atomic E-state index is 13.7. The third-order valence-corrected chi connectivity index (χ3v) is 2.47. The second kappa shape index (κ2) is 5.68. The van der Waals surface area contributed by atoms with Crippen LogP contribution in [0.15, 0.2) is 12.1 Å². The Morgan fingerprint density at radius 3 is 2.72 bits per heavy atom. The number of aliphatic hydroxyl groups excluding tert-OH is 1. The van der Waals surface area contributed by atoms with Crippen LogP contribution in [0.3, 0.4) is 0 Å². The van der Waals surface area contributed by atoms with Gasteiger partial charge in [-0.25, -0.2) is 9.18 Å². The molecular weight excluding hydrogens is 239 g/mol. The molecule has 0 aliphatic rings. The van der Waals surface area contributed by atoms with Crippen molar-refractivity contribution < 1.29 is 19.0 Å². The normalized spacial score (nSPS) is 12.1. The van der Waals surface area contributed by atoms with Gasteiger partial charge in [0, 0.05) is 19.3 Å². The predicted octanol–water partition coefficient (Wildman–Crippen LogP) is 1.01. The summed E-state index contributed by atoms with van der Waals surface area (Å²) in [4.78, 5) is 13.0. The molecule has 0 aliphatic heterocycles. The number of hydrogen-bond acceptors (Lipinski definition) is 5. The lowest BCUT2D eigenvalue weighted by Gasteiger charge is -2.22. The largest absolute Gasteiger partial charge is 0.465 e. The van der Waals surface area contributed by atoms with Crippen LogP contribution in [-0.4, -0.2) is 37.9 Å². The molecule has 0 fully saturated rings. The number of benzene rings is 1. The molecule has 18 heavy (non-hydrogen) atoms. The van der Waals surface area contributed by atoms with Crippen molar-refractivity contribution in [2.75, 3.05) is 31.3 Å². The number of carbonyl (C=O) groups excluding carboxylic acids is 1. The molecule has 1 unspecified atom stereocenters. The maximum Gasteiger partial charge on any atom is 0.340 e. The van der Waals surface area contributed by atoms with E-state index in [1.807, 2.05) is 0 Å². The number of ether oxygens (including phenoxy) is 1. The standard InChI is InChI=1S/C12H17FN2O3/c1-7(16)6-15(2)11-4-8(12(17)18-3)10(14)5-9(11)13/h4-5,7,16H,6,14H2,1-3H3. The fourth-order valence-electron chi connectivity index (χ4n) is 1.65. The second-order valence-corrected chi connectivity index (χ2v) is 4.11. The van der Waals surface area contributed by atoms with E-state index in [4.69, 9.17) is 5.73 Å². The predicted molar refractivity (Wildman–Crippen MR) is 67.1 cm³/mol. The Hall–Kier alpha value is -1.82. The number of rotatable bonds is 4. The minimum Gasteiger partial charge on any atom is -0.465 e. The summed E-state index contributed by atoms with van der Waals surface area (Å²) in [7, 11) is 2.84. The van der Waals surface area contributed by atoms with E-state index in [-0.39, 0.29) is 23.5 Å². The summed E-state index contributed by atoms with van der Waals surface area (Å²) >= 11 is 0. The number of anilines is 2. The fraction of sp³-hybridized carbons (Fsp3) is 0.417. The van der Waals surface area contributed by atoms with E-state index in [0.29, 0.717) is 0 Å². The van der Waals surface area contributed by atoms with Gasteiger partial charge < -0.3 is 20.5 Å². The molecule has 5 nitrogen and oxygen atoms in total. The van der Waals surface area contributed by atoms with Crippen LogP contribution in [0.2, 0.25) is 0 Å². The number of nitrogens with two attached hydrogens (primary N) is 1. The van der Waals surface area contributed by atoms with Crippen LogP contribution in [0, 0.1) is 5.82 Å². The molecule has 0 amide bonds. The number of hydrogen-bond donors (Lipinski definition) is 2. The van der Waals surface area contributed by atoms with Gasteiger partial charge in [-0.1, -0.05) is 0 Å². The zero-order valence-electron chi connectivity index (χ0n) is 10.6. The molecule has 0 bridgehead atoms. The third-order valence-electron chi connectivity index (χ3n) is 2.47. The highest BCUT2D eigenvalue weighted by Crippen LogP contribution is 2.25. The molecule has 1 atom stereocenters. The van der Waals surface area contributed by atoms with Gasteiger partial charge in [0.15, 0.2) is 0 Å². The minimum absolute atomic E-state index is 0.0218. The average molecular weight is 256 g/mol. The number of nitrogens with zero attached hydrogens (tertiary/aromatic N) is 1. The van der Waals surface area contributed by atoms with Crippen LogP contribution in [0.4, 0.5) is 15.8 Å². The molecule has 0 saturated heterocycles. The van der Waals surface area contributed by atoms with E-state index < -0.39 is 17.9 Å². The van der Waals surface area contributed by atoms with Crippen molar-refractivity contribution in [2.45, 2.75) is 13.0 Å². The average Bonchev–Trinajstić information content (AvgIpc) is 2.27. The Balaban J connectivity index is 3.16. The van der Waals surface area contributed by atoms with Gasteiger partial charge >= 0.3 is 5.97 Å². The fourth-order valence-corrected chi connectivity index (χ4v) is 1.65. The molecule has 1 aromatic rings. The first kappa shape index (κ1) is 14.2. The number of nitrogen functional groups attached to an aromatic ring is 1. The summed E-state index contributed by atoms with van der Waals surface area (Å²) in [6.07, 6.45) is -0.617. The van der Waals surface area contributed by atoms with Gasteiger partial charge in [0.2, 0.25) is 0 Å². The lowest BCUT2D eigenvalue weighted by molar-refractivity contribution is 0.0602. The number of methoxy groups -OCH3 is 1. The summed E-state index contributed by atoms with van der Waals surface area (Å²) in [5, 5.41) is 9.27. The number of carbonyl (C=O) groups is 1. The van der Waals surface area contributed by atoms with Crippen molar-refractivity contribution in [3.05, 3.63) is 23.5 Å². The van der Waals surface area contributed by atoms with E-state index in [1.54, 1.807) is 14.0 Å². The van der Waals surface area contributed by atoms with Gasteiger partial charge in [0.05, 0.1) is 24.5 Å². The van der Waals surface area contributed by atoms with E-state index in [9.17, 15) is 14.3 Å². The summed E-state index contributed by atoms with van der Waals surface area (Å²) in [6, 6.07) is 2.39. The molecule has 0 aromatic heterocycles. The van der Waals surface area contributed by atoms with Crippen molar-refractivity contribution in [2.24, 2.45) is 0 Å². The van der Waals surface area contributed by atoms with Gasteiger partial charge in [0.25, 0.3) is 0 Å². The quantitative estimate of drug-likeness (QED) is 0.621. The van der Waals surface area contributed by atoms with Crippen LogP contribution < -0.4 is 10.6 Å². The third kappa shape index (κ3) is 3.10. The summed E-state index contributed by atoms with van der Waals surface area (Å²) in [6.45, 7) is 1.83. The highest BCUT2D eigenvalue weighted by Gasteiger charge is 2.17. The van der Waals surface area contributed by atoms with Gasteiger partial charge in [-0.05, 0) is 19.1 Å². The Morgan fingerprint density at radius 1 is 1.61 bits per heavy atom. The molecule has 0 aliphatic carbocycles. The molecule has 1 aromatic carbocycles. The molecule has 0 saturated carbocycles. The number of esters is 1. The van der Waals surface area contributed by atoms with Crippen LogP contribution in [0.25, 0.3) is 0 Å². The Bertz CT molecular complexity index is 449. The Morgan fingerprint density at radius 2 is 2.22 bits per heavy atom. The van der Waals surface area contributed by atoms with Crippen molar-refractivity contribution in [1.82, 2.24) is 0 Å². The first-order valence-electron chi connectivity index (χ1n) is 5.43. The summed E-state index contributed by atoms with van der Waals surface area (Å²) in [5.74, 6) is -1.18. The van der Waals surface area contributed by atoms with E-state index >= 15 is 0 Å². The first-order valence-corrected chi connectivity index (χ1v) is 5.43. The molecule has 1 rings (SSSR count). The second-order valence-electron chi connectivity index (χ2n) is 4.11. The lowest BCUT2D eigenvalue weighted by Crippen LogP contribution is -2.28. The summed E-state index contributed by atoms with van der Waals surface area (Å²) in [5.41, 5.74) is 5.87. The number of aliphatic hydroxyl groups is 1. The molecule has 100 valence electrons. The van der Waals surface area contributed by atoms with Crippen LogP contribution in [0.5, 0.6) is 0 Å². The zero-order valence-corrected chi connectivity index (χ0v) is 10.6. The van der Waals surface area contributed by atoms with Crippen molar-refractivity contribution in [3.8, 4) is 0 Å². The van der Waals surface area contributed by atoms with Crippen LogP contribution in [0.1, 0.15) is 17.3 Å². The number of halogens is 1. The van der Waals surface area contributed by atoms with Crippen molar-refractivity contribution in [3.63, 3.8) is 0 Å². The van der Waals surface area contributed by atoms with Gasteiger partial charge in [-0.2, -0.15) is 0 Å². The van der Waals surface area contributed by atoms with Crippen LogP contribution >= 0.6 is 0 Å². The monoisotopic (exact) mass is 256 g/mol. The van der Waals surface area contributed by atoms with E-state index in [0.717, 1.165) is 6.07 Å². The molecule has 0 spiro atoms. The summed E-state index contributed by atoms with van der Waals surface area (Å²) < 4.78 is 18.3. The first-order chi connectivity index (χ1) is 8.36. The SMILES string of the molecule is COC(=O)c1cc(N(C)CC(C)O)c(F)cc1N. The highest BCUT2D eigenvalue weighted by molar-refractivity contribution is 5.96. The molecule has 0 heterocycles.